The summed E-state index contributed by atoms with van der Waals surface area (Å²) >= 11 is 0. The van der Waals surface area contributed by atoms with Crippen LogP contribution in [-0.4, -0.2) is 19.0 Å². The number of alkyl halides is 2. The van der Waals surface area contributed by atoms with Crippen molar-refractivity contribution < 1.29 is 8.78 Å². The molecule has 1 aliphatic carbocycles. The maximum absolute atomic E-state index is 13.6. The second-order valence-corrected chi connectivity index (χ2v) is 6.53. The minimum atomic E-state index is -2.59. The van der Waals surface area contributed by atoms with Gasteiger partial charge in [-0.1, -0.05) is 25.3 Å². The molecule has 21 heavy (non-hydrogen) atoms. The molecule has 1 aromatic carbocycles. The lowest BCUT2D eigenvalue weighted by molar-refractivity contribution is -0.0116. The van der Waals surface area contributed by atoms with Crippen LogP contribution < -0.4 is 10.6 Å². The van der Waals surface area contributed by atoms with E-state index in [2.05, 4.69) is 12.1 Å². The number of nitrogen functional groups attached to an aromatic ring is 1. The maximum Gasteiger partial charge on any atom is 0.265 e. The fourth-order valence-electron chi connectivity index (χ4n) is 3.70. The molecule has 2 N–H and O–H groups in total. The summed E-state index contributed by atoms with van der Waals surface area (Å²) in [5, 5.41) is 0. The zero-order valence-electron chi connectivity index (χ0n) is 12.5. The summed E-state index contributed by atoms with van der Waals surface area (Å²) in [5.74, 6) is -2.02. The van der Waals surface area contributed by atoms with E-state index in [0.29, 0.717) is 24.6 Å². The van der Waals surface area contributed by atoms with E-state index in [1.165, 1.54) is 37.7 Å². The standard InChI is InChI=1S/C17H24F2N2/c18-17(19)9-4-10-21(12-17)16-11-14(7-8-15(16)20)13-5-2-1-3-6-13/h7-8,11,13H,1-6,9-10,12,20H2. The van der Waals surface area contributed by atoms with Gasteiger partial charge in [-0.05, 0) is 42.9 Å². The molecule has 4 heteroatoms. The van der Waals surface area contributed by atoms with Crippen molar-refractivity contribution in [1.82, 2.24) is 0 Å². The molecule has 116 valence electrons. The molecule has 0 radical (unpaired) electrons. The van der Waals surface area contributed by atoms with Gasteiger partial charge in [-0.25, -0.2) is 8.78 Å². The number of halogens is 2. The molecule has 0 bridgehead atoms. The number of benzene rings is 1. The van der Waals surface area contributed by atoms with Gasteiger partial charge in [0, 0.05) is 13.0 Å². The van der Waals surface area contributed by atoms with Gasteiger partial charge < -0.3 is 10.6 Å². The summed E-state index contributed by atoms with van der Waals surface area (Å²) in [6, 6.07) is 6.04. The number of hydrogen-bond acceptors (Lipinski definition) is 2. The number of hydrogen-bond donors (Lipinski definition) is 1. The fraction of sp³-hybridized carbons (Fsp3) is 0.647. The predicted octanol–water partition coefficient (Wildman–Crippen LogP) is 4.55. The molecule has 0 spiro atoms. The third kappa shape index (κ3) is 3.30. The molecule has 3 rings (SSSR count). The molecule has 0 unspecified atom stereocenters. The van der Waals surface area contributed by atoms with Crippen LogP contribution in [0.1, 0.15) is 56.4 Å². The molecular formula is C17H24F2N2. The monoisotopic (exact) mass is 294 g/mol. The zero-order chi connectivity index (χ0) is 14.9. The van der Waals surface area contributed by atoms with Crippen molar-refractivity contribution in [1.29, 1.82) is 0 Å². The molecule has 0 aromatic heterocycles. The second-order valence-electron chi connectivity index (χ2n) is 6.53. The predicted molar refractivity (Wildman–Crippen MR) is 83.1 cm³/mol. The molecular weight excluding hydrogens is 270 g/mol. The lowest BCUT2D eigenvalue weighted by Gasteiger charge is -2.35. The van der Waals surface area contributed by atoms with E-state index in [9.17, 15) is 8.78 Å². The highest BCUT2D eigenvalue weighted by molar-refractivity contribution is 5.69. The van der Waals surface area contributed by atoms with Crippen LogP contribution in [-0.2, 0) is 0 Å². The van der Waals surface area contributed by atoms with Crippen LogP contribution in [0.3, 0.4) is 0 Å². The summed E-state index contributed by atoms with van der Waals surface area (Å²) in [6.45, 7) is 0.471. The van der Waals surface area contributed by atoms with Crippen molar-refractivity contribution in [2.45, 2.75) is 56.8 Å². The first-order valence-corrected chi connectivity index (χ1v) is 8.07. The summed E-state index contributed by atoms with van der Waals surface area (Å²) in [4.78, 5) is 1.77. The fourth-order valence-corrected chi connectivity index (χ4v) is 3.70. The third-order valence-electron chi connectivity index (χ3n) is 4.86. The average molecular weight is 294 g/mol. The minimum absolute atomic E-state index is 0.00821. The first-order chi connectivity index (χ1) is 10.1. The Balaban J connectivity index is 1.83. The highest BCUT2D eigenvalue weighted by Crippen LogP contribution is 2.38. The molecule has 1 saturated carbocycles. The van der Waals surface area contributed by atoms with Crippen molar-refractivity contribution >= 4 is 11.4 Å². The Bertz CT molecular complexity index is 496. The van der Waals surface area contributed by atoms with E-state index in [4.69, 9.17) is 5.73 Å². The molecule has 1 aromatic rings. The molecule has 1 saturated heterocycles. The van der Waals surface area contributed by atoms with Crippen molar-refractivity contribution in [3.05, 3.63) is 23.8 Å². The van der Waals surface area contributed by atoms with Crippen LogP contribution in [0.15, 0.2) is 18.2 Å². The van der Waals surface area contributed by atoms with Crippen LogP contribution in [0.5, 0.6) is 0 Å². The van der Waals surface area contributed by atoms with E-state index in [1.54, 1.807) is 4.90 Å². The van der Waals surface area contributed by atoms with Gasteiger partial charge in [0.1, 0.15) is 0 Å². The van der Waals surface area contributed by atoms with Gasteiger partial charge in [0.05, 0.1) is 17.9 Å². The Kier molecular flexibility index (Phi) is 4.05. The number of nitrogens with two attached hydrogens (primary N) is 1. The zero-order valence-corrected chi connectivity index (χ0v) is 12.5. The molecule has 0 amide bonds. The minimum Gasteiger partial charge on any atom is -0.397 e. The Morgan fingerprint density at radius 3 is 2.57 bits per heavy atom. The highest BCUT2D eigenvalue weighted by atomic mass is 19.3. The van der Waals surface area contributed by atoms with Gasteiger partial charge in [0.15, 0.2) is 0 Å². The first-order valence-electron chi connectivity index (χ1n) is 8.07. The third-order valence-corrected chi connectivity index (χ3v) is 4.86. The Morgan fingerprint density at radius 1 is 1.10 bits per heavy atom. The Morgan fingerprint density at radius 2 is 1.86 bits per heavy atom. The van der Waals surface area contributed by atoms with Gasteiger partial charge in [0.25, 0.3) is 5.92 Å². The smallest absolute Gasteiger partial charge is 0.265 e. The largest absolute Gasteiger partial charge is 0.397 e. The van der Waals surface area contributed by atoms with Crippen LogP contribution in [0.25, 0.3) is 0 Å². The second kappa shape index (κ2) is 5.82. The number of rotatable bonds is 2. The van der Waals surface area contributed by atoms with Gasteiger partial charge in [-0.15, -0.1) is 0 Å². The SMILES string of the molecule is Nc1ccc(C2CCCCC2)cc1N1CCCC(F)(F)C1. The summed E-state index contributed by atoms with van der Waals surface area (Å²) in [7, 11) is 0. The summed E-state index contributed by atoms with van der Waals surface area (Å²) in [5.41, 5.74) is 8.74. The van der Waals surface area contributed by atoms with E-state index in [0.717, 1.165) is 5.69 Å². The van der Waals surface area contributed by atoms with Gasteiger partial charge in [0.2, 0.25) is 0 Å². The number of anilines is 2. The highest BCUT2D eigenvalue weighted by Gasteiger charge is 2.35. The lowest BCUT2D eigenvalue weighted by Crippen LogP contribution is -2.43. The molecule has 2 aliphatic rings. The van der Waals surface area contributed by atoms with E-state index >= 15 is 0 Å². The molecule has 1 aliphatic heterocycles. The van der Waals surface area contributed by atoms with Gasteiger partial charge >= 0.3 is 0 Å². The van der Waals surface area contributed by atoms with Crippen molar-refractivity contribution in [3.8, 4) is 0 Å². The number of piperidine rings is 1. The lowest BCUT2D eigenvalue weighted by atomic mass is 9.84. The Hall–Kier alpha value is -1.32. The Labute approximate surface area is 125 Å². The van der Waals surface area contributed by atoms with Crippen LogP contribution in [0.2, 0.25) is 0 Å². The van der Waals surface area contributed by atoms with E-state index in [-0.39, 0.29) is 13.0 Å². The van der Waals surface area contributed by atoms with Crippen molar-refractivity contribution in [3.63, 3.8) is 0 Å². The van der Waals surface area contributed by atoms with Gasteiger partial charge in [-0.2, -0.15) is 0 Å². The van der Waals surface area contributed by atoms with E-state index in [1.807, 2.05) is 6.07 Å². The van der Waals surface area contributed by atoms with Crippen molar-refractivity contribution in [2.24, 2.45) is 0 Å². The molecule has 2 fully saturated rings. The van der Waals surface area contributed by atoms with Crippen LogP contribution >= 0.6 is 0 Å². The topological polar surface area (TPSA) is 29.3 Å². The van der Waals surface area contributed by atoms with Crippen LogP contribution in [0.4, 0.5) is 20.2 Å². The van der Waals surface area contributed by atoms with E-state index < -0.39 is 5.92 Å². The normalized spacial score (nSPS) is 23.2. The van der Waals surface area contributed by atoms with Gasteiger partial charge in [-0.3, -0.25) is 0 Å². The average Bonchev–Trinajstić information content (AvgIpc) is 2.47. The first kappa shape index (κ1) is 14.6. The molecule has 1 heterocycles. The summed E-state index contributed by atoms with van der Waals surface area (Å²) < 4.78 is 27.3. The summed E-state index contributed by atoms with van der Waals surface area (Å²) in [6.07, 6.45) is 6.79. The quantitative estimate of drug-likeness (QED) is 0.811. The molecule has 0 atom stereocenters. The van der Waals surface area contributed by atoms with Crippen LogP contribution in [0, 0.1) is 0 Å². The van der Waals surface area contributed by atoms with Crippen molar-refractivity contribution in [2.75, 3.05) is 23.7 Å². The number of nitrogens with zero attached hydrogens (tertiary/aromatic N) is 1. The maximum atomic E-state index is 13.6. The molecule has 2 nitrogen and oxygen atoms in total.